The van der Waals surface area contributed by atoms with Crippen LogP contribution in [0.25, 0.3) is 11.3 Å². The number of benzene rings is 2. The van der Waals surface area contributed by atoms with Gasteiger partial charge >= 0.3 is 0 Å². The van der Waals surface area contributed by atoms with Crippen LogP contribution in [0.2, 0.25) is 0 Å². The molecule has 4 rings (SSSR count). The molecule has 0 spiro atoms. The van der Waals surface area contributed by atoms with E-state index in [0.29, 0.717) is 15.3 Å². The van der Waals surface area contributed by atoms with Crippen LogP contribution in [-0.2, 0) is 6.42 Å². The number of nitrogens with zero attached hydrogens (tertiary/aromatic N) is 1. The van der Waals surface area contributed by atoms with Gasteiger partial charge in [-0.2, -0.15) is 0 Å². The van der Waals surface area contributed by atoms with Crippen LogP contribution >= 0.6 is 34.9 Å². The van der Waals surface area contributed by atoms with E-state index in [9.17, 15) is 4.79 Å². The summed E-state index contributed by atoms with van der Waals surface area (Å²) < 4.78 is 0.492. The predicted molar refractivity (Wildman–Crippen MR) is 124 cm³/mol. The van der Waals surface area contributed by atoms with Crippen molar-refractivity contribution in [1.82, 2.24) is 4.98 Å². The van der Waals surface area contributed by atoms with Crippen molar-refractivity contribution in [2.45, 2.75) is 24.3 Å². The van der Waals surface area contributed by atoms with Gasteiger partial charge in [-0.3, -0.25) is 10.1 Å². The van der Waals surface area contributed by atoms with E-state index in [1.54, 1.807) is 0 Å². The number of amides is 1. The van der Waals surface area contributed by atoms with Crippen molar-refractivity contribution < 1.29 is 4.79 Å². The number of hydrogen-bond acceptors (Lipinski definition) is 5. The lowest BCUT2D eigenvalue weighted by molar-refractivity contribution is 0.102. The Labute approximate surface area is 178 Å². The molecule has 144 valence electrons. The Morgan fingerprint density at radius 2 is 1.79 bits per heavy atom. The highest BCUT2D eigenvalue weighted by atomic mass is 32.2. The Hall–Kier alpha value is -1.76. The molecule has 1 saturated heterocycles. The Balaban J connectivity index is 1.41. The molecule has 28 heavy (non-hydrogen) atoms. The van der Waals surface area contributed by atoms with Gasteiger partial charge in [-0.25, -0.2) is 4.98 Å². The number of rotatable bonds is 5. The molecule has 3 aromatic rings. The fourth-order valence-electron chi connectivity index (χ4n) is 3.02. The van der Waals surface area contributed by atoms with E-state index in [1.165, 1.54) is 40.4 Å². The minimum absolute atomic E-state index is 0.113. The first-order valence-corrected chi connectivity index (χ1v) is 12.4. The van der Waals surface area contributed by atoms with Crippen molar-refractivity contribution in [3.05, 3.63) is 70.6 Å². The topological polar surface area (TPSA) is 42.0 Å². The molecule has 6 heteroatoms. The van der Waals surface area contributed by atoms with Gasteiger partial charge in [0.2, 0.25) is 0 Å². The van der Waals surface area contributed by atoms with Crippen LogP contribution in [0.4, 0.5) is 5.13 Å². The second-order valence-electron chi connectivity index (χ2n) is 6.59. The highest BCUT2D eigenvalue weighted by Gasteiger charge is 2.17. The first-order valence-electron chi connectivity index (χ1n) is 9.42. The molecule has 1 fully saturated rings. The van der Waals surface area contributed by atoms with Crippen LogP contribution in [0.15, 0.2) is 53.9 Å². The molecule has 1 aromatic heterocycles. The summed E-state index contributed by atoms with van der Waals surface area (Å²) in [7, 11) is 0. The van der Waals surface area contributed by atoms with E-state index in [4.69, 9.17) is 0 Å². The van der Waals surface area contributed by atoms with Gasteiger partial charge in [-0.1, -0.05) is 43.3 Å². The van der Waals surface area contributed by atoms with Gasteiger partial charge in [0.05, 0.1) is 10.3 Å². The summed E-state index contributed by atoms with van der Waals surface area (Å²) in [5.74, 6) is 2.32. The summed E-state index contributed by atoms with van der Waals surface area (Å²) in [4.78, 5) is 17.1. The second-order valence-corrected chi connectivity index (χ2v) is 10.2. The average Bonchev–Trinajstić information content (AvgIpc) is 3.23. The van der Waals surface area contributed by atoms with Crippen molar-refractivity contribution in [3.63, 3.8) is 0 Å². The molecule has 1 amide bonds. The largest absolute Gasteiger partial charge is 0.298 e. The second kappa shape index (κ2) is 9.16. The zero-order chi connectivity index (χ0) is 19.3. The van der Waals surface area contributed by atoms with Crippen molar-refractivity contribution in [2.24, 2.45) is 0 Å². The number of hydrogen-bond donors (Lipinski definition) is 1. The van der Waals surface area contributed by atoms with E-state index in [1.807, 2.05) is 41.0 Å². The Morgan fingerprint density at radius 3 is 2.46 bits per heavy atom. The van der Waals surface area contributed by atoms with Gasteiger partial charge in [0.25, 0.3) is 5.91 Å². The van der Waals surface area contributed by atoms with Crippen LogP contribution in [-0.4, -0.2) is 22.4 Å². The maximum Gasteiger partial charge on any atom is 0.257 e. The van der Waals surface area contributed by atoms with Gasteiger partial charge in [0, 0.05) is 16.5 Å². The monoisotopic (exact) mass is 426 g/mol. The quantitative estimate of drug-likeness (QED) is 0.506. The lowest BCUT2D eigenvalue weighted by Gasteiger charge is -2.21. The van der Waals surface area contributed by atoms with E-state index < -0.39 is 0 Å². The van der Waals surface area contributed by atoms with E-state index in [2.05, 4.69) is 53.6 Å². The van der Waals surface area contributed by atoms with Gasteiger partial charge in [-0.15, -0.1) is 34.9 Å². The fraction of sp³-hybridized carbons (Fsp3) is 0.273. The van der Waals surface area contributed by atoms with Crippen molar-refractivity contribution >= 4 is 45.9 Å². The van der Waals surface area contributed by atoms with Crippen molar-refractivity contribution in [3.8, 4) is 11.3 Å². The molecule has 2 heterocycles. The number of nitrogens with one attached hydrogen (secondary N) is 1. The molecule has 0 unspecified atom stereocenters. The molecule has 1 aliphatic heterocycles. The first-order chi connectivity index (χ1) is 13.7. The average molecular weight is 427 g/mol. The molecule has 1 N–H and O–H groups in total. The molecule has 2 aromatic carbocycles. The third-order valence-corrected chi connectivity index (χ3v) is 8.43. The van der Waals surface area contributed by atoms with E-state index >= 15 is 0 Å². The lowest BCUT2D eigenvalue weighted by atomic mass is 10.1. The minimum Gasteiger partial charge on any atom is -0.298 e. The third kappa shape index (κ3) is 4.62. The molecule has 0 aliphatic carbocycles. The number of thiazole rings is 1. The number of anilines is 1. The molecular formula is C22H22N2OS3. The van der Waals surface area contributed by atoms with Crippen LogP contribution < -0.4 is 5.32 Å². The van der Waals surface area contributed by atoms with Crippen LogP contribution in [0.3, 0.4) is 0 Å². The summed E-state index contributed by atoms with van der Waals surface area (Å²) in [5.41, 5.74) is 5.23. The van der Waals surface area contributed by atoms with Crippen molar-refractivity contribution in [2.75, 3.05) is 16.8 Å². The van der Waals surface area contributed by atoms with Gasteiger partial charge in [0.1, 0.15) is 0 Å². The van der Waals surface area contributed by atoms with Gasteiger partial charge in [-0.05, 0) is 47.6 Å². The molecule has 0 bridgehead atoms. The standard InChI is InChI=1S/C22H22N2OS3/c1-2-15-4-6-16(7-5-15)19-14-28-22(23-19)24-20(25)17-8-10-18(11-9-17)21-26-12-3-13-27-21/h4-11,14,21H,2-3,12-13H2,1H3,(H,23,24,25). The molecular weight excluding hydrogens is 404 g/mol. The number of thioether (sulfide) groups is 2. The van der Waals surface area contributed by atoms with E-state index in [-0.39, 0.29) is 5.91 Å². The van der Waals surface area contributed by atoms with Crippen molar-refractivity contribution in [1.29, 1.82) is 0 Å². The molecule has 0 radical (unpaired) electrons. The summed E-state index contributed by atoms with van der Waals surface area (Å²) in [5, 5.41) is 5.54. The number of aryl methyl sites for hydroxylation is 1. The molecule has 0 atom stereocenters. The van der Waals surface area contributed by atoms with Gasteiger partial charge in [0.15, 0.2) is 5.13 Å². The molecule has 1 aliphatic rings. The number of carbonyl (C=O) groups excluding carboxylic acids is 1. The number of carbonyl (C=O) groups is 1. The molecule has 3 nitrogen and oxygen atoms in total. The summed E-state index contributed by atoms with van der Waals surface area (Å²) in [6, 6.07) is 16.4. The maximum absolute atomic E-state index is 12.6. The highest BCUT2D eigenvalue weighted by Crippen LogP contribution is 2.43. The first kappa shape index (κ1) is 19.6. The summed E-state index contributed by atoms with van der Waals surface area (Å²) in [6.45, 7) is 2.14. The van der Waals surface area contributed by atoms with Crippen LogP contribution in [0.1, 0.15) is 39.4 Å². The predicted octanol–water partition coefficient (Wildman–Crippen LogP) is 6.49. The smallest absolute Gasteiger partial charge is 0.257 e. The van der Waals surface area contributed by atoms with Crippen LogP contribution in [0, 0.1) is 0 Å². The third-order valence-electron chi connectivity index (χ3n) is 4.65. The Kier molecular flexibility index (Phi) is 6.40. The normalized spacial score (nSPS) is 14.8. The summed E-state index contributed by atoms with van der Waals surface area (Å²) >= 11 is 5.43. The van der Waals surface area contributed by atoms with Gasteiger partial charge < -0.3 is 0 Å². The SMILES string of the molecule is CCc1ccc(-c2csc(NC(=O)c3ccc(C4SCCCS4)cc3)n2)cc1. The number of aromatic nitrogens is 1. The Bertz CT molecular complexity index is 929. The summed E-state index contributed by atoms with van der Waals surface area (Å²) in [6.07, 6.45) is 2.31. The Morgan fingerprint density at radius 1 is 1.07 bits per heavy atom. The maximum atomic E-state index is 12.6. The minimum atomic E-state index is -0.113. The lowest BCUT2D eigenvalue weighted by Crippen LogP contribution is -2.11. The van der Waals surface area contributed by atoms with Crippen LogP contribution in [0.5, 0.6) is 0 Å². The fourth-order valence-corrected chi connectivity index (χ4v) is 6.63. The van der Waals surface area contributed by atoms with E-state index in [0.717, 1.165) is 17.7 Å². The zero-order valence-electron chi connectivity index (χ0n) is 15.7. The highest BCUT2D eigenvalue weighted by molar-refractivity contribution is 8.16. The molecule has 0 saturated carbocycles. The zero-order valence-corrected chi connectivity index (χ0v) is 18.1.